The standard InChI is InChI=1S/C22H25ClN2O2S/c1-13-4-9-16-17(12-13)28-20(18(16)19(24)26)25-21(27)22(10-2-3-11-22)14-5-7-15(23)8-6-14/h5-8,13H,2-4,9-12H2,1H3,(H2,24,26)(H,25,27)/t13-/m0/s1. The third kappa shape index (κ3) is 3.35. The van der Waals surface area contributed by atoms with Crippen LogP contribution in [0.3, 0.4) is 0 Å². The van der Waals surface area contributed by atoms with Crippen molar-refractivity contribution < 1.29 is 9.59 Å². The molecule has 2 aromatic rings. The number of carbonyl (C=O) groups excluding carboxylic acids is 2. The Kier molecular flexibility index (Phi) is 5.23. The lowest BCUT2D eigenvalue weighted by Crippen LogP contribution is -2.38. The van der Waals surface area contributed by atoms with Crippen LogP contribution in [-0.4, -0.2) is 11.8 Å². The van der Waals surface area contributed by atoms with Gasteiger partial charge in [0, 0.05) is 9.90 Å². The van der Waals surface area contributed by atoms with Crippen molar-refractivity contribution in [2.75, 3.05) is 5.32 Å². The molecule has 6 heteroatoms. The summed E-state index contributed by atoms with van der Waals surface area (Å²) in [4.78, 5) is 26.9. The van der Waals surface area contributed by atoms with Crippen molar-refractivity contribution in [3.05, 3.63) is 50.9 Å². The van der Waals surface area contributed by atoms with Crippen LogP contribution < -0.4 is 11.1 Å². The number of primary amides is 1. The van der Waals surface area contributed by atoms with Gasteiger partial charge in [0.1, 0.15) is 5.00 Å². The summed E-state index contributed by atoms with van der Waals surface area (Å²) in [6.07, 6.45) is 6.46. The molecule has 2 aliphatic carbocycles. The van der Waals surface area contributed by atoms with Gasteiger partial charge in [-0.05, 0) is 61.3 Å². The number of nitrogens with one attached hydrogen (secondary N) is 1. The van der Waals surface area contributed by atoms with E-state index in [-0.39, 0.29) is 5.91 Å². The average Bonchev–Trinajstić information content (AvgIpc) is 3.27. The molecule has 0 unspecified atom stereocenters. The number of nitrogens with two attached hydrogens (primary N) is 1. The van der Waals surface area contributed by atoms with Gasteiger partial charge in [-0.25, -0.2) is 0 Å². The van der Waals surface area contributed by atoms with Crippen LogP contribution in [0.1, 0.15) is 65.4 Å². The molecule has 0 saturated heterocycles. The van der Waals surface area contributed by atoms with E-state index in [1.165, 1.54) is 16.2 Å². The molecule has 4 rings (SSSR count). The molecule has 1 heterocycles. The normalized spacial score (nSPS) is 20.6. The third-order valence-electron chi connectivity index (χ3n) is 6.27. The van der Waals surface area contributed by atoms with E-state index >= 15 is 0 Å². The molecular weight excluding hydrogens is 392 g/mol. The van der Waals surface area contributed by atoms with Gasteiger partial charge in [-0.15, -0.1) is 11.3 Å². The van der Waals surface area contributed by atoms with Crippen LogP contribution in [0.2, 0.25) is 5.02 Å². The SMILES string of the molecule is C[C@H]1CCc2c(sc(NC(=O)C3(c4ccc(Cl)cc4)CCCC3)c2C(N)=O)C1. The molecule has 1 saturated carbocycles. The van der Waals surface area contributed by atoms with Crippen LogP contribution in [0.5, 0.6) is 0 Å². The first kappa shape index (κ1) is 19.5. The van der Waals surface area contributed by atoms with Gasteiger partial charge < -0.3 is 11.1 Å². The van der Waals surface area contributed by atoms with Crippen molar-refractivity contribution in [2.45, 2.75) is 57.3 Å². The number of anilines is 1. The third-order valence-corrected chi connectivity index (χ3v) is 7.70. The van der Waals surface area contributed by atoms with E-state index < -0.39 is 11.3 Å². The Balaban J connectivity index is 1.69. The first-order valence-electron chi connectivity index (χ1n) is 9.92. The molecule has 2 aliphatic rings. The zero-order chi connectivity index (χ0) is 19.9. The quantitative estimate of drug-likeness (QED) is 0.729. The zero-order valence-corrected chi connectivity index (χ0v) is 17.6. The number of fused-ring (bicyclic) bond motifs is 1. The number of halogens is 1. The number of benzene rings is 1. The molecule has 0 spiro atoms. The summed E-state index contributed by atoms with van der Waals surface area (Å²) >= 11 is 7.57. The minimum Gasteiger partial charge on any atom is -0.365 e. The van der Waals surface area contributed by atoms with Crippen LogP contribution in [0, 0.1) is 5.92 Å². The van der Waals surface area contributed by atoms with Crippen molar-refractivity contribution in [1.29, 1.82) is 0 Å². The Labute approximate surface area is 174 Å². The van der Waals surface area contributed by atoms with Gasteiger partial charge in [0.15, 0.2) is 0 Å². The second kappa shape index (κ2) is 7.53. The average molecular weight is 417 g/mol. The Morgan fingerprint density at radius 3 is 2.54 bits per heavy atom. The summed E-state index contributed by atoms with van der Waals surface area (Å²) in [5.41, 5.74) is 7.68. The lowest BCUT2D eigenvalue weighted by molar-refractivity contribution is -0.121. The topological polar surface area (TPSA) is 72.2 Å². The molecule has 148 valence electrons. The van der Waals surface area contributed by atoms with Crippen LogP contribution in [-0.2, 0) is 23.1 Å². The number of carbonyl (C=O) groups is 2. The second-order valence-electron chi connectivity index (χ2n) is 8.17. The largest absolute Gasteiger partial charge is 0.365 e. The van der Waals surface area contributed by atoms with Gasteiger partial charge in [-0.2, -0.15) is 0 Å². The molecule has 0 aliphatic heterocycles. The van der Waals surface area contributed by atoms with E-state index in [1.54, 1.807) is 0 Å². The maximum Gasteiger partial charge on any atom is 0.251 e. The van der Waals surface area contributed by atoms with Crippen LogP contribution in [0.4, 0.5) is 5.00 Å². The molecule has 28 heavy (non-hydrogen) atoms. The van der Waals surface area contributed by atoms with Gasteiger partial charge in [0.2, 0.25) is 5.91 Å². The maximum atomic E-state index is 13.5. The lowest BCUT2D eigenvalue weighted by Gasteiger charge is -2.28. The molecular formula is C22H25ClN2O2S. The second-order valence-corrected chi connectivity index (χ2v) is 9.71. The maximum absolute atomic E-state index is 13.5. The van der Waals surface area contributed by atoms with E-state index in [0.29, 0.717) is 21.5 Å². The van der Waals surface area contributed by atoms with Crippen molar-refractivity contribution >= 4 is 39.8 Å². The van der Waals surface area contributed by atoms with Gasteiger partial charge in [-0.1, -0.05) is 43.5 Å². The van der Waals surface area contributed by atoms with Crippen molar-refractivity contribution in [3.8, 4) is 0 Å². The fraction of sp³-hybridized carbons (Fsp3) is 0.455. The lowest BCUT2D eigenvalue weighted by atomic mass is 9.78. The van der Waals surface area contributed by atoms with Crippen molar-refractivity contribution in [2.24, 2.45) is 11.7 Å². The van der Waals surface area contributed by atoms with Crippen LogP contribution >= 0.6 is 22.9 Å². The summed E-state index contributed by atoms with van der Waals surface area (Å²) < 4.78 is 0. The number of rotatable bonds is 4. The Bertz CT molecular complexity index is 913. The fourth-order valence-electron chi connectivity index (χ4n) is 4.72. The van der Waals surface area contributed by atoms with Crippen molar-refractivity contribution in [3.63, 3.8) is 0 Å². The predicted octanol–water partition coefficient (Wildman–Crippen LogP) is 5.08. The molecule has 2 amide bonds. The van der Waals surface area contributed by atoms with Gasteiger partial charge in [0.25, 0.3) is 5.91 Å². The minimum atomic E-state index is -0.572. The number of thiophene rings is 1. The highest BCUT2D eigenvalue weighted by atomic mass is 35.5. The Morgan fingerprint density at radius 1 is 1.21 bits per heavy atom. The smallest absolute Gasteiger partial charge is 0.251 e. The van der Waals surface area contributed by atoms with E-state index in [0.717, 1.165) is 56.1 Å². The Hall–Kier alpha value is -1.85. The van der Waals surface area contributed by atoms with Gasteiger partial charge in [0.05, 0.1) is 11.0 Å². The molecule has 0 bridgehead atoms. The first-order valence-corrected chi connectivity index (χ1v) is 11.1. The zero-order valence-electron chi connectivity index (χ0n) is 16.0. The van der Waals surface area contributed by atoms with Crippen LogP contribution in [0.15, 0.2) is 24.3 Å². The predicted molar refractivity (Wildman–Crippen MR) is 114 cm³/mol. The summed E-state index contributed by atoms with van der Waals surface area (Å²) in [6.45, 7) is 2.22. The summed E-state index contributed by atoms with van der Waals surface area (Å²) in [5.74, 6) is 0.0986. The molecule has 1 aromatic heterocycles. The minimum absolute atomic E-state index is 0.0403. The van der Waals surface area contributed by atoms with Gasteiger partial charge >= 0.3 is 0 Å². The highest BCUT2D eigenvalue weighted by Crippen LogP contribution is 2.44. The Morgan fingerprint density at radius 2 is 1.89 bits per heavy atom. The fourth-order valence-corrected chi connectivity index (χ4v) is 6.25. The molecule has 1 aromatic carbocycles. The number of hydrogen-bond donors (Lipinski definition) is 2. The monoisotopic (exact) mass is 416 g/mol. The summed E-state index contributed by atoms with van der Waals surface area (Å²) in [5, 5.41) is 4.39. The molecule has 3 N–H and O–H groups in total. The highest BCUT2D eigenvalue weighted by molar-refractivity contribution is 7.17. The van der Waals surface area contributed by atoms with E-state index in [2.05, 4.69) is 12.2 Å². The van der Waals surface area contributed by atoms with Crippen LogP contribution in [0.25, 0.3) is 0 Å². The summed E-state index contributed by atoms with van der Waals surface area (Å²) in [7, 11) is 0. The van der Waals surface area contributed by atoms with E-state index in [4.69, 9.17) is 17.3 Å². The first-order chi connectivity index (χ1) is 13.4. The van der Waals surface area contributed by atoms with Gasteiger partial charge in [-0.3, -0.25) is 9.59 Å². The number of amides is 2. The molecule has 0 radical (unpaired) electrons. The molecule has 1 atom stereocenters. The summed E-state index contributed by atoms with van der Waals surface area (Å²) in [6, 6.07) is 7.57. The molecule has 4 nitrogen and oxygen atoms in total. The van der Waals surface area contributed by atoms with E-state index in [9.17, 15) is 9.59 Å². The van der Waals surface area contributed by atoms with Crippen molar-refractivity contribution in [1.82, 2.24) is 0 Å². The highest BCUT2D eigenvalue weighted by Gasteiger charge is 2.43. The number of hydrogen-bond acceptors (Lipinski definition) is 3. The molecule has 1 fully saturated rings. The van der Waals surface area contributed by atoms with E-state index in [1.807, 2.05) is 24.3 Å².